The highest BCUT2D eigenvalue weighted by Crippen LogP contribution is 2.46. The van der Waals surface area contributed by atoms with E-state index in [9.17, 15) is 4.39 Å². The average Bonchev–Trinajstić information content (AvgIpc) is 2.60. The number of halogens is 1. The molecular weight excluding hydrogens is 253 g/mol. The molecule has 1 heterocycles. The standard InChI is InChI=1S/C17H24FNO/c1-12-4-3-8-17(9-7-12)11-15(19-2)14-6-5-13(18)10-16(14)20-17/h5-6,10,12,15,19H,3-4,7-9,11H2,1-2H3. The Balaban J connectivity index is 1.92. The molecule has 3 rings (SSSR count). The van der Waals surface area contributed by atoms with Gasteiger partial charge in [0.05, 0.1) is 0 Å². The summed E-state index contributed by atoms with van der Waals surface area (Å²) in [6, 6.07) is 5.21. The van der Waals surface area contributed by atoms with E-state index in [1.807, 2.05) is 13.1 Å². The Kier molecular flexibility index (Phi) is 3.72. The van der Waals surface area contributed by atoms with Crippen molar-refractivity contribution in [3.63, 3.8) is 0 Å². The zero-order valence-corrected chi connectivity index (χ0v) is 12.4. The Labute approximate surface area is 120 Å². The lowest BCUT2D eigenvalue weighted by molar-refractivity contribution is 0.0160. The first-order chi connectivity index (χ1) is 9.62. The molecule has 3 atom stereocenters. The van der Waals surface area contributed by atoms with Crippen molar-refractivity contribution in [3.8, 4) is 5.75 Å². The molecule has 1 spiro atoms. The summed E-state index contributed by atoms with van der Waals surface area (Å²) in [5.74, 6) is 1.31. The van der Waals surface area contributed by atoms with Crippen LogP contribution < -0.4 is 10.1 Å². The summed E-state index contributed by atoms with van der Waals surface area (Å²) in [4.78, 5) is 0. The lowest BCUT2D eigenvalue weighted by Crippen LogP contribution is -2.43. The molecule has 1 aromatic carbocycles. The second-order valence-corrected chi connectivity index (χ2v) is 6.55. The van der Waals surface area contributed by atoms with E-state index in [4.69, 9.17) is 4.74 Å². The number of hydrogen-bond donors (Lipinski definition) is 1. The van der Waals surface area contributed by atoms with E-state index in [2.05, 4.69) is 12.2 Å². The average molecular weight is 277 g/mol. The van der Waals surface area contributed by atoms with E-state index in [1.165, 1.54) is 25.3 Å². The van der Waals surface area contributed by atoms with Crippen LogP contribution in [0.2, 0.25) is 0 Å². The summed E-state index contributed by atoms with van der Waals surface area (Å²) >= 11 is 0. The van der Waals surface area contributed by atoms with Crippen LogP contribution in [0.25, 0.3) is 0 Å². The van der Waals surface area contributed by atoms with Crippen LogP contribution in [0, 0.1) is 11.7 Å². The fourth-order valence-electron chi connectivity index (χ4n) is 3.76. The monoisotopic (exact) mass is 277 g/mol. The molecule has 110 valence electrons. The molecule has 20 heavy (non-hydrogen) atoms. The number of benzene rings is 1. The molecule has 2 aliphatic rings. The molecule has 1 fully saturated rings. The SMILES string of the molecule is CNC1CC2(CCCC(C)CC2)Oc2cc(F)ccc21. The Morgan fingerprint density at radius 3 is 2.95 bits per heavy atom. The largest absolute Gasteiger partial charge is 0.487 e. The predicted octanol–water partition coefficient (Wildman–Crippen LogP) is 4.21. The normalized spacial score (nSPS) is 33.4. The third-order valence-corrected chi connectivity index (χ3v) is 5.02. The van der Waals surface area contributed by atoms with Gasteiger partial charge in [0.1, 0.15) is 17.2 Å². The summed E-state index contributed by atoms with van der Waals surface area (Å²) in [5, 5.41) is 3.38. The highest BCUT2D eigenvalue weighted by molar-refractivity contribution is 5.39. The van der Waals surface area contributed by atoms with Gasteiger partial charge in [-0.3, -0.25) is 0 Å². The van der Waals surface area contributed by atoms with Crippen molar-refractivity contribution in [1.82, 2.24) is 5.32 Å². The van der Waals surface area contributed by atoms with Crippen LogP contribution in [0.15, 0.2) is 18.2 Å². The van der Waals surface area contributed by atoms with Gasteiger partial charge >= 0.3 is 0 Å². The first-order valence-electron chi connectivity index (χ1n) is 7.78. The van der Waals surface area contributed by atoms with Gasteiger partial charge < -0.3 is 10.1 Å². The van der Waals surface area contributed by atoms with Crippen molar-refractivity contribution in [2.45, 2.75) is 57.1 Å². The van der Waals surface area contributed by atoms with Crippen LogP contribution in [0.1, 0.15) is 57.1 Å². The van der Waals surface area contributed by atoms with Gasteiger partial charge in [-0.25, -0.2) is 4.39 Å². The maximum absolute atomic E-state index is 13.5. The molecule has 0 saturated heterocycles. The lowest BCUT2D eigenvalue weighted by Gasteiger charge is -2.42. The van der Waals surface area contributed by atoms with Crippen molar-refractivity contribution in [1.29, 1.82) is 0 Å². The number of fused-ring (bicyclic) bond motifs is 1. The van der Waals surface area contributed by atoms with Crippen molar-refractivity contribution in [2.24, 2.45) is 5.92 Å². The van der Waals surface area contributed by atoms with Crippen LogP contribution in [-0.2, 0) is 0 Å². The van der Waals surface area contributed by atoms with E-state index in [0.29, 0.717) is 0 Å². The van der Waals surface area contributed by atoms with Gasteiger partial charge in [0.25, 0.3) is 0 Å². The van der Waals surface area contributed by atoms with Crippen LogP contribution >= 0.6 is 0 Å². The highest BCUT2D eigenvalue weighted by atomic mass is 19.1. The number of hydrogen-bond acceptors (Lipinski definition) is 2. The molecule has 3 unspecified atom stereocenters. The van der Waals surface area contributed by atoms with Gasteiger partial charge in [-0.15, -0.1) is 0 Å². The molecule has 0 radical (unpaired) electrons. The lowest BCUT2D eigenvalue weighted by atomic mass is 9.82. The van der Waals surface area contributed by atoms with E-state index < -0.39 is 0 Å². The number of ether oxygens (including phenoxy) is 1. The van der Waals surface area contributed by atoms with Gasteiger partial charge in [0.15, 0.2) is 0 Å². The maximum Gasteiger partial charge on any atom is 0.127 e. The van der Waals surface area contributed by atoms with Crippen molar-refractivity contribution in [3.05, 3.63) is 29.6 Å². The molecule has 1 aromatic rings. The molecule has 0 amide bonds. The van der Waals surface area contributed by atoms with Gasteiger partial charge in [-0.1, -0.05) is 19.4 Å². The smallest absolute Gasteiger partial charge is 0.127 e. The van der Waals surface area contributed by atoms with Crippen molar-refractivity contribution >= 4 is 0 Å². The molecular formula is C17H24FNO. The summed E-state index contributed by atoms with van der Waals surface area (Å²) in [6.07, 6.45) is 6.87. The Bertz CT molecular complexity index is 490. The van der Waals surface area contributed by atoms with E-state index >= 15 is 0 Å². The number of rotatable bonds is 1. The highest BCUT2D eigenvalue weighted by Gasteiger charge is 2.41. The second kappa shape index (κ2) is 5.36. The van der Waals surface area contributed by atoms with Gasteiger partial charge in [0, 0.05) is 24.1 Å². The summed E-state index contributed by atoms with van der Waals surface area (Å²) < 4.78 is 19.8. The van der Waals surface area contributed by atoms with Crippen LogP contribution in [-0.4, -0.2) is 12.6 Å². The minimum Gasteiger partial charge on any atom is -0.487 e. The Hall–Kier alpha value is -1.09. The molecule has 3 heteroatoms. The molecule has 1 saturated carbocycles. The first-order valence-corrected chi connectivity index (χ1v) is 7.78. The summed E-state index contributed by atoms with van der Waals surface area (Å²) in [7, 11) is 1.98. The number of nitrogens with one attached hydrogen (secondary N) is 1. The second-order valence-electron chi connectivity index (χ2n) is 6.55. The molecule has 0 bridgehead atoms. The fourth-order valence-corrected chi connectivity index (χ4v) is 3.76. The minimum absolute atomic E-state index is 0.0980. The van der Waals surface area contributed by atoms with Crippen LogP contribution in [0.3, 0.4) is 0 Å². The molecule has 2 nitrogen and oxygen atoms in total. The third kappa shape index (κ3) is 2.56. The van der Waals surface area contributed by atoms with E-state index in [-0.39, 0.29) is 17.5 Å². The molecule has 1 N–H and O–H groups in total. The molecule has 1 aliphatic carbocycles. The molecule has 0 aromatic heterocycles. The zero-order valence-electron chi connectivity index (χ0n) is 12.4. The fraction of sp³-hybridized carbons (Fsp3) is 0.647. The zero-order chi connectivity index (χ0) is 14.2. The predicted molar refractivity (Wildman–Crippen MR) is 78.4 cm³/mol. The van der Waals surface area contributed by atoms with E-state index in [1.54, 1.807) is 6.07 Å². The minimum atomic E-state index is -0.211. The maximum atomic E-state index is 13.5. The topological polar surface area (TPSA) is 21.3 Å². The quantitative estimate of drug-likeness (QED) is 0.830. The van der Waals surface area contributed by atoms with Gasteiger partial charge in [-0.2, -0.15) is 0 Å². The van der Waals surface area contributed by atoms with Crippen LogP contribution in [0.5, 0.6) is 5.75 Å². The van der Waals surface area contributed by atoms with Gasteiger partial charge in [-0.05, 0) is 44.7 Å². The van der Waals surface area contributed by atoms with Crippen molar-refractivity contribution < 1.29 is 9.13 Å². The van der Waals surface area contributed by atoms with Crippen molar-refractivity contribution in [2.75, 3.05) is 7.05 Å². The first kappa shape index (κ1) is 13.9. The van der Waals surface area contributed by atoms with Crippen LogP contribution in [0.4, 0.5) is 4.39 Å². The Morgan fingerprint density at radius 1 is 1.30 bits per heavy atom. The Morgan fingerprint density at radius 2 is 2.15 bits per heavy atom. The summed E-state index contributed by atoms with van der Waals surface area (Å²) in [5.41, 5.74) is 0.996. The third-order valence-electron chi connectivity index (χ3n) is 5.02. The van der Waals surface area contributed by atoms with E-state index in [0.717, 1.165) is 36.5 Å². The molecule has 1 aliphatic heterocycles. The summed E-state index contributed by atoms with van der Waals surface area (Å²) in [6.45, 7) is 2.32. The van der Waals surface area contributed by atoms with Gasteiger partial charge in [0.2, 0.25) is 0 Å².